The molecule has 0 aliphatic carbocycles. The molecule has 0 unspecified atom stereocenters. The Balaban J connectivity index is 1.43. The Morgan fingerprint density at radius 2 is 1.70 bits per heavy atom. The maximum Gasteiger partial charge on any atom is 0.251 e. The van der Waals surface area contributed by atoms with Gasteiger partial charge in [-0.25, -0.2) is 13.4 Å². The van der Waals surface area contributed by atoms with Crippen LogP contribution in [0.25, 0.3) is 0 Å². The zero-order valence-corrected chi connectivity index (χ0v) is 17.9. The third kappa shape index (κ3) is 4.65. The van der Waals surface area contributed by atoms with Crippen molar-refractivity contribution in [3.05, 3.63) is 53.7 Å². The van der Waals surface area contributed by atoms with E-state index in [0.29, 0.717) is 25.2 Å². The van der Waals surface area contributed by atoms with Gasteiger partial charge in [0, 0.05) is 44.5 Å². The van der Waals surface area contributed by atoms with Crippen LogP contribution in [-0.2, 0) is 16.6 Å². The van der Waals surface area contributed by atoms with E-state index in [9.17, 15) is 13.2 Å². The average molecular weight is 429 g/mol. The molecule has 1 amide bonds. The molecule has 3 heterocycles. The zero-order chi connectivity index (χ0) is 21.0. The fourth-order valence-electron chi connectivity index (χ4n) is 4.03. The van der Waals surface area contributed by atoms with Gasteiger partial charge in [0.15, 0.2) is 0 Å². The van der Waals surface area contributed by atoms with E-state index in [1.165, 1.54) is 23.2 Å². The maximum absolute atomic E-state index is 12.9. The lowest BCUT2D eigenvalue weighted by Crippen LogP contribution is -2.35. The Labute approximate surface area is 178 Å². The molecule has 0 saturated carbocycles. The number of nitrogens with zero attached hydrogens (tertiary/aromatic N) is 3. The number of carbonyl (C=O) groups excluding carboxylic acids is 1. The van der Waals surface area contributed by atoms with Crippen molar-refractivity contribution in [1.82, 2.24) is 14.6 Å². The summed E-state index contributed by atoms with van der Waals surface area (Å²) in [6.07, 6.45) is 6.94. The van der Waals surface area contributed by atoms with Crippen molar-refractivity contribution in [3.63, 3.8) is 0 Å². The summed E-state index contributed by atoms with van der Waals surface area (Å²) in [5.41, 5.74) is 1.32. The number of rotatable bonds is 6. The number of nitrogens with one attached hydrogen (secondary N) is 1. The summed E-state index contributed by atoms with van der Waals surface area (Å²) >= 11 is 0. The molecular weight excluding hydrogens is 400 g/mol. The van der Waals surface area contributed by atoms with Gasteiger partial charge in [-0.1, -0.05) is 12.5 Å². The smallest absolute Gasteiger partial charge is 0.251 e. The van der Waals surface area contributed by atoms with Gasteiger partial charge in [-0.15, -0.1) is 0 Å². The maximum atomic E-state index is 12.9. The van der Waals surface area contributed by atoms with E-state index in [1.54, 1.807) is 24.4 Å². The molecule has 1 N–H and O–H groups in total. The molecule has 8 heteroatoms. The van der Waals surface area contributed by atoms with E-state index in [1.807, 2.05) is 12.1 Å². The number of amides is 1. The van der Waals surface area contributed by atoms with Crippen molar-refractivity contribution >= 4 is 21.7 Å². The molecule has 2 saturated heterocycles. The van der Waals surface area contributed by atoms with Crippen molar-refractivity contribution < 1.29 is 13.2 Å². The first-order valence-electron chi connectivity index (χ1n) is 10.6. The van der Waals surface area contributed by atoms with Crippen LogP contribution in [0.3, 0.4) is 0 Å². The third-order valence-corrected chi connectivity index (χ3v) is 7.64. The highest BCUT2D eigenvalue weighted by Crippen LogP contribution is 2.22. The van der Waals surface area contributed by atoms with Crippen molar-refractivity contribution in [2.45, 2.75) is 43.5 Å². The van der Waals surface area contributed by atoms with E-state index in [0.717, 1.165) is 43.7 Å². The number of carbonyl (C=O) groups is 1. The fourth-order valence-corrected chi connectivity index (χ4v) is 5.59. The Kier molecular flexibility index (Phi) is 6.34. The van der Waals surface area contributed by atoms with Gasteiger partial charge in [-0.05, 0) is 61.6 Å². The lowest BCUT2D eigenvalue weighted by molar-refractivity contribution is 0.0950. The number of sulfonamides is 1. The number of anilines is 1. The van der Waals surface area contributed by atoms with Crippen molar-refractivity contribution in [1.29, 1.82) is 0 Å². The lowest BCUT2D eigenvalue weighted by Gasteiger charge is -2.26. The van der Waals surface area contributed by atoms with Crippen molar-refractivity contribution in [2.75, 3.05) is 31.1 Å². The summed E-state index contributed by atoms with van der Waals surface area (Å²) in [4.78, 5) is 19.5. The predicted octanol–water partition coefficient (Wildman–Crippen LogP) is 2.79. The number of hydrogen-bond donors (Lipinski definition) is 1. The van der Waals surface area contributed by atoms with Crippen LogP contribution in [0.5, 0.6) is 0 Å². The summed E-state index contributed by atoms with van der Waals surface area (Å²) in [7, 11) is -3.56. The molecule has 1 aromatic heterocycles. The molecule has 7 nitrogen and oxygen atoms in total. The molecule has 4 rings (SSSR count). The molecule has 2 aliphatic heterocycles. The number of piperidine rings is 1. The van der Waals surface area contributed by atoms with Gasteiger partial charge >= 0.3 is 0 Å². The average Bonchev–Trinajstić information content (AvgIpc) is 3.33. The molecule has 0 spiro atoms. The third-order valence-electron chi connectivity index (χ3n) is 5.74. The molecule has 0 radical (unpaired) electrons. The molecular formula is C22H28N4O3S. The molecule has 2 aliphatic rings. The molecule has 2 aromatic rings. The van der Waals surface area contributed by atoms with Gasteiger partial charge in [0.05, 0.1) is 4.90 Å². The van der Waals surface area contributed by atoms with Crippen LogP contribution in [0, 0.1) is 0 Å². The van der Waals surface area contributed by atoms with Crippen LogP contribution in [0.2, 0.25) is 0 Å². The Hall–Kier alpha value is -2.45. The number of hydrogen-bond acceptors (Lipinski definition) is 5. The van der Waals surface area contributed by atoms with Gasteiger partial charge in [-0.3, -0.25) is 4.79 Å². The largest absolute Gasteiger partial charge is 0.357 e. The molecule has 0 bridgehead atoms. The topological polar surface area (TPSA) is 82.6 Å². The summed E-state index contributed by atoms with van der Waals surface area (Å²) in [6, 6.07) is 10.2. The standard InChI is InChI=1S/C22H28N4O3S/c27-22(24-17-18-9-10-23-21(15-18)25-11-4-5-12-25)19-7-6-8-20(16-19)30(28,29)26-13-2-1-3-14-26/h6-10,15-16H,1-5,11-14,17H2,(H,24,27). The van der Waals surface area contributed by atoms with Gasteiger partial charge in [0.2, 0.25) is 10.0 Å². The quantitative estimate of drug-likeness (QED) is 0.765. The van der Waals surface area contributed by atoms with Gasteiger partial charge in [-0.2, -0.15) is 4.31 Å². The van der Waals surface area contributed by atoms with E-state index >= 15 is 0 Å². The number of aromatic nitrogens is 1. The van der Waals surface area contributed by atoms with Crippen molar-refractivity contribution in [3.8, 4) is 0 Å². The lowest BCUT2D eigenvalue weighted by atomic mass is 10.2. The van der Waals surface area contributed by atoms with Crippen LogP contribution in [0.1, 0.15) is 48.0 Å². The molecule has 30 heavy (non-hydrogen) atoms. The minimum atomic E-state index is -3.56. The van der Waals surface area contributed by atoms with Gasteiger partial charge in [0.1, 0.15) is 5.82 Å². The fraction of sp³-hybridized carbons (Fsp3) is 0.455. The van der Waals surface area contributed by atoms with Crippen LogP contribution < -0.4 is 10.2 Å². The monoisotopic (exact) mass is 428 g/mol. The summed E-state index contributed by atoms with van der Waals surface area (Å²) in [6.45, 7) is 3.48. The molecule has 160 valence electrons. The molecule has 0 atom stereocenters. The highest BCUT2D eigenvalue weighted by Gasteiger charge is 2.26. The van der Waals surface area contributed by atoms with E-state index in [-0.39, 0.29) is 10.8 Å². The summed E-state index contributed by atoms with van der Waals surface area (Å²) in [5, 5.41) is 2.90. The van der Waals surface area contributed by atoms with Gasteiger partial charge in [0.25, 0.3) is 5.91 Å². The van der Waals surface area contributed by atoms with E-state index < -0.39 is 10.0 Å². The second-order valence-electron chi connectivity index (χ2n) is 7.89. The minimum Gasteiger partial charge on any atom is -0.357 e. The van der Waals surface area contributed by atoms with Crippen LogP contribution in [0.4, 0.5) is 5.82 Å². The Morgan fingerprint density at radius 3 is 2.47 bits per heavy atom. The molecule has 1 aromatic carbocycles. The molecule has 2 fully saturated rings. The van der Waals surface area contributed by atoms with Crippen LogP contribution >= 0.6 is 0 Å². The second kappa shape index (κ2) is 9.14. The first-order valence-corrected chi connectivity index (χ1v) is 12.1. The highest BCUT2D eigenvalue weighted by atomic mass is 32.2. The highest BCUT2D eigenvalue weighted by molar-refractivity contribution is 7.89. The number of pyridine rings is 1. The van der Waals surface area contributed by atoms with Crippen LogP contribution in [-0.4, -0.2) is 49.8 Å². The second-order valence-corrected chi connectivity index (χ2v) is 9.83. The summed E-state index contributed by atoms with van der Waals surface area (Å²) < 4.78 is 27.3. The van der Waals surface area contributed by atoms with E-state index in [2.05, 4.69) is 15.2 Å². The van der Waals surface area contributed by atoms with Gasteiger partial charge < -0.3 is 10.2 Å². The van der Waals surface area contributed by atoms with E-state index in [4.69, 9.17) is 0 Å². The normalized spacial score (nSPS) is 17.8. The zero-order valence-electron chi connectivity index (χ0n) is 17.1. The summed E-state index contributed by atoms with van der Waals surface area (Å²) in [5.74, 6) is 0.652. The SMILES string of the molecule is O=C(NCc1ccnc(N2CCCC2)c1)c1cccc(S(=O)(=O)N2CCCCC2)c1. The Bertz CT molecular complexity index is 997. The first-order chi connectivity index (χ1) is 14.5. The predicted molar refractivity (Wildman–Crippen MR) is 116 cm³/mol. The van der Waals surface area contributed by atoms with Crippen molar-refractivity contribution in [2.24, 2.45) is 0 Å². The minimum absolute atomic E-state index is 0.178. The first kappa shape index (κ1) is 20.8. The Morgan fingerprint density at radius 1 is 0.967 bits per heavy atom. The number of benzene rings is 1. The van der Waals surface area contributed by atoms with Crippen LogP contribution in [0.15, 0.2) is 47.5 Å².